The number of carboxylic acids is 1. The van der Waals surface area contributed by atoms with Crippen LogP contribution in [0.25, 0.3) is 0 Å². The number of carbonyl (C=O) groups is 2. The molecule has 3 N–H and O–H groups in total. The van der Waals surface area contributed by atoms with Crippen molar-refractivity contribution >= 4 is 45.2 Å². The highest BCUT2D eigenvalue weighted by Crippen LogP contribution is 2.33. The maximum absolute atomic E-state index is 12.3. The summed E-state index contributed by atoms with van der Waals surface area (Å²) >= 11 is 7.64. The van der Waals surface area contributed by atoms with Crippen molar-refractivity contribution in [3.63, 3.8) is 0 Å². The Kier molecular flexibility index (Phi) is 6.37. The van der Waals surface area contributed by atoms with Crippen molar-refractivity contribution in [2.24, 2.45) is 0 Å². The zero-order chi connectivity index (χ0) is 19.5. The number of halogens is 1. The van der Waals surface area contributed by atoms with Gasteiger partial charge >= 0.3 is 16.4 Å². The van der Waals surface area contributed by atoms with Crippen molar-refractivity contribution < 1.29 is 32.2 Å². The van der Waals surface area contributed by atoms with E-state index in [1.807, 2.05) is 11.4 Å². The molecule has 0 saturated heterocycles. The standard InChI is InChI=1S/C15H12ClNO3S.H2O4S/c16-11-4-2-1-3-10(11)14(15(19)20)17-8-9-5-6-21-12(9)7-13(17)18;1-5(2,3)4/h1-6,14H,7-8H2,(H,19,20);(H2,1,2,3,4)/t14-;/m0./s1. The van der Waals surface area contributed by atoms with Gasteiger partial charge in [-0.1, -0.05) is 29.8 Å². The van der Waals surface area contributed by atoms with Crippen LogP contribution in [0.2, 0.25) is 5.02 Å². The minimum absolute atomic E-state index is 0.183. The second-order valence-corrected chi connectivity index (χ2v) is 7.58. The molecule has 26 heavy (non-hydrogen) atoms. The number of fused-ring (bicyclic) bond motifs is 1. The van der Waals surface area contributed by atoms with E-state index in [1.165, 1.54) is 16.2 Å². The molecule has 2 aromatic rings. The Morgan fingerprint density at radius 1 is 1.23 bits per heavy atom. The van der Waals surface area contributed by atoms with Gasteiger partial charge in [0.05, 0.1) is 6.42 Å². The van der Waals surface area contributed by atoms with Gasteiger partial charge in [0.2, 0.25) is 5.91 Å². The lowest BCUT2D eigenvalue weighted by Crippen LogP contribution is -2.41. The first-order chi connectivity index (χ1) is 12.1. The van der Waals surface area contributed by atoms with Gasteiger partial charge in [0.25, 0.3) is 0 Å². The molecule has 0 saturated carbocycles. The third-order valence-electron chi connectivity index (χ3n) is 3.56. The van der Waals surface area contributed by atoms with Gasteiger partial charge in [-0.3, -0.25) is 13.9 Å². The molecule has 0 aliphatic carbocycles. The molecule has 2 heterocycles. The summed E-state index contributed by atoms with van der Waals surface area (Å²) in [5.74, 6) is -1.26. The molecule has 3 rings (SSSR count). The molecule has 1 amide bonds. The molecule has 1 aromatic carbocycles. The highest BCUT2D eigenvalue weighted by Gasteiger charge is 2.35. The van der Waals surface area contributed by atoms with E-state index in [0.717, 1.165) is 10.4 Å². The number of amides is 1. The zero-order valence-electron chi connectivity index (χ0n) is 13.1. The molecule has 0 fully saturated rings. The van der Waals surface area contributed by atoms with E-state index in [0.29, 0.717) is 17.1 Å². The van der Waals surface area contributed by atoms with Crippen LogP contribution in [-0.2, 0) is 33.0 Å². The van der Waals surface area contributed by atoms with Crippen LogP contribution in [0.1, 0.15) is 22.0 Å². The molecule has 0 radical (unpaired) electrons. The second kappa shape index (κ2) is 8.14. The Morgan fingerprint density at radius 3 is 2.42 bits per heavy atom. The van der Waals surface area contributed by atoms with Crippen molar-refractivity contribution in [1.82, 2.24) is 4.90 Å². The Labute approximate surface area is 158 Å². The number of benzene rings is 1. The smallest absolute Gasteiger partial charge is 0.394 e. The summed E-state index contributed by atoms with van der Waals surface area (Å²) in [6.07, 6.45) is 0.251. The number of nitrogens with zero attached hydrogens (tertiary/aromatic N) is 1. The van der Waals surface area contributed by atoms with E-state index in [1.54, 1.807) is 24.3 Å². The number of hydrogen-bond acceptors (Lipinski definition) is 5. The fourth-order valence-corrected chi connectivity index (χ4v) is 3.67. The van der Waals surface area contributed by atoms with Crippen LogP contribution >= 0.6 is 22.9 Å². The molecule has 11 heteroatoms. The molecular weight excluding hydrogens is 406 g/mol. The van der Waals surface area contributed by atoms with E-state index >= 15 is 0 Å². The molecule has 140 valence electrons. The summed E-state index contributed by atoms with van der Waals surface area (Å²) in [6, 6.07) is 7.63. The number of carbonyl (C=O) groups excluding carboxylic acids is 1. The fourth-order valence-electron chi connectivity index (χ4n) is 2.54. The molecule has 1 aliphatic rings. The summed E-state index contributed by atoms with van der Waals surface area (Å²) in [5, 5.41) is 11.8. The van der Waals surface area contributed by atoms with Crippen LogP contribution in [0.3, 0.4) is 0 Å². The number of aliphatic carboxylic acids is 1. The average Bonchev–Trinajstić information content (AvgIpc) is 2.94. The zero-order valence-corrected chi connectivity index (χ0v) is 15.5. The SMILES string of the molecule is O=C(O)[C@H](c1ccccc1Cl)N1Cc2ccsc2CC1=O.O=S(=O)(O)O. The van der Waals surface area contributed by atoms with Crippen LogP contribution in [0.4, 0.5) is 0 Å². The average molecular weight is 420 g/mol. The van der Waals surface area contributed by atoms with E-state index in [4.69, 9.17) is 29.1 Å². The van der Waals surface area contributed by atoms with Gasteiger partial charge in [0, 0.05) is 22.0 Å². The first-order valence-electron chi connectivity index (χ1n) is 7.09. The minimum Gasteiger partial charge on any atom is -0.479 e. The number of thiophene rings is 1. The molecule has 1 atom stereocenters. The summed E-state index contributed by atoms with van der Waals surface area (Å²) in [7, 11) is -4.67. The van der Waals surface area contributed by atoms with Gasteiger partial charge < -0.3 is 10.0 Å². The molecule has 0 bridgehead atoms. The van der Waals surface area contributed by atoms with E-state index < -0.39 is 22.4 Å². The van der Waals surface area contributed by atoms with E-state index in [-0.39, 0.29) is 12.3 Å². The predicted octanol–water partition coefficient (Wildman–Crippen LogP) is 2.46. The lowest BCUT2D eigenvalue weighted by Gasteiger charge is -2.32. The van der Waals surface area contributed by atoms with Crippen molar-refractivity contribution in [1.29, 1.82) is 0 Å². The Bertz CT molecular complexity index is 918. The van der Waals surface area contributed by atoms with Gasteiger partial charge in [0.1, 0.15) is 0 Å². The van der Waals surface area contributed by atoms with Crippen LogP contribution in [0.5, 0.6) is 0 Å². The molecule has 0 unspecified atom stereocenters. The van der Waals surface area contributed by atoms with E-state index in [9.17, 15) is 14.7 Å². The van der Waals surface area contributed by atoms with Crippen LogP contribution in [0.15, 0.2) is 35.7 Å². The Hall–Kier alpha value is -1.98. The number of rotatable bonds is 3. The topological polar surface area (TPSA) is 132 Å². The molecule has 0 spiro atoms. The molecular formula is C15H14ClNO7S2. The van der Waals surface area contributed by atoms with Gasteiger partial charge in [-0.2, -0.15) is 8.42 Å². The Balaban J connectivity index is 0.000000431. The molecule has 1 aromatic heterocycles. The molecule has 8 nitrogen and oxygen atoms in total. The monoisotopic (exact) mass is 419 g/mol. The first kappa shape index (κ1) is 20.3. The second-order valence-electron chi connectivity index (χ2n) is 5.28. The summed E-state index contributed by atoms with van der Waals surface area (Å²) in [6.45, 7) is 0.305. The number of carboxylic acid groups (broad SMARTS) is 1. The normalized spacial score (nSPS) is 14.9. The summed E-state index contributed by atoms with van der Waals surface area (Å²) in [4.78, 5) is 26.4. The minimum atomic E-state index is -4.67. The van der Waals surface area contributed by atoms with Gasteiger partial charge in [0.15, 0.2) is 6.04 Å². The predicted molar refractivity (Wildman–Crippen MR) is 94.6 cm³/mol. The van der Waals surface area contributed by atoms with Crippen LogP contribution in [-0.4, -0.2) is 39.4 Å². The first-order valence-corrected chi connectivity index (χ1v) is 9.75. The largest absolute Gasteiger partial charge is 0.479 e. The lowest BCUT2D eigenvalue weighted by molar-refractivity contribution is -0.151. The number of hydrogen-bond donors (Lipinski definition) is 3. The van der Waals surface area contributed by atoms with E-state index in [2.05, 4.69) is 0 Å². The quantitative estimate of drug-likeness (QED) is 0.651. The van der Waals surface area contributed by atoms with Crippen molar-refractivity contribution in [2.75, 3.05) is 0 Å². The molecule has 1 aliphatic heterocycles. The lowest BCUT2D eigenvalue weighted by atomic mass is 10.0. The van der Waals surface area contributed by atoms with Crippen LogP contribution < -0.4 is 0 Å². The summed E-state index contributed by atoms with van der Waals surface area (Å²) < 4.78 is 31.6. The highest BCUT2D eigenvalue weighted by molar-refractivity contribution is 7.79. The van der Waals surface area contributed by atoms with Crippen molar-refractivity contribution in [2.45, 2.75) is 19.0 Å². The fraction of sp³-hybridized carbons (Fsp3) is 0.200. The van der Waals surface area contributed by atoms with Crippen molar-refractivity contribution in [3.05, 3.63) is 56.7 Å². The van der Waals surface area contributed by atoms with Gasteiger partial charge in [-0.15, -0.1) is 11.3 Å². The van der Waals surface area contributed by atoms with Crippen LogP contribution in [0, 0.1) is 0 Å². The van der Waals surface area contributed by atoms with Gasteiger partial charge in [-0.05, 0) is 23.1 Å². The highest BCUT2D eigenvalue weighted by atomic mass is 35.5. The summed E-state index contributed by atoms with van der Waals surface area (Å²) in [5.41, 5.74) is 1.46. The maximum atomic E-state index is 12.3. The van der Waals surface area contributed by atoms with Gasteiger partial charge in [-0.25, -0.2) is 4.79 Å². The maximum Gasteiger partial charge on any atom is 0.394 e. The Morgan fingerprint density at radius 2 is 1.85 bits per heavy atom. The third kappa shape index (κ3) is 5.26. The third-order valence-corrected chi connectivity index (χ3v) is 4.86. The van der Waals surface area contributed by atoms with Crippen molar-refractivity contribution in [3.8, 4) is 0 Å².